The molecule has 7 nitrogen and oxygen atoms in total. The van der Waals surface area contributed by atoms with E-state index in [-0.39, 0.29) is 23.9 Å². The summed E-state index contributed by atoms with van der Waals surface area (Å²) in [5, 5.41) is 24.9. The van der Waals surface area contributed by atoms with Crippen molar-refractivity contribution in [2.75, 3.05) is 16.8 Å². The monoisotopic (exact) mass is 559 g/mol. The molecule has 4 aromatic carbocycles. The van der Waals surface area contributed by atoms with Gasteiger partial charge in [0, 0.05) is 30.4 Å². The molecule has 7 heteroatoms. The Labute approximate surface area is 246 Å². The van der Waals surface area contributed by atoms with Gasteiger partial charge in [-0.3, -0.25) is 4.79 Å². The van der Waals surface area contributed by atoms with Crippen molar-refractivity contribution in [3.8, 4) is 0 Å². The van der Waals surface area contributed by atoms with Crippen LogP contribution in [0.15, 0.2) is 60.7 Å². The lowest BCUT2D eigenvalue weighted by Crippen LogP contribution is -2.49. The Morgan fingerprint density at radius 3 is 2.74 bits per heavy atom. The van der Waals surface area contributed by atoms with Crippen LogP contribution in [0.5, 0.6) is 0 Å². The zero-order chi connectivity index (χ0) is 29.3. The Balaban J connectivity index is 1.33. The van der Waals surface area contributed by atoms with Gasteiger partial charge in [0.15, 0.2) is 0 Å². The number of benzene rings is 4. The Bertz CT molecular complexity index is 1890. The van der Waals surface area contributed by atoms with Crippen LogP contribution in [0.3, 0.4) is 0 Å². The van der Waals surface area contributed by atoms with E-state index < -0.39 is 5.97 Å². The van der Waals surface area contributed by atoms with Gasteiger partial charge in [0.05, 0.1) is 29.4 Å². The highest BCUT2D eigenvalue weighted by Crippen LogP contribution is 2.48. The van der Waals surface area contributed by atoms with Crippen LogP contribution in [-0.2, 0) is 18.3 Å². The molecule has 2 N–H and O–H groups in total. The lowest BCUT2D eigenvalue weighted by atomic mass is 9.84. The summed E-state index contributed by atoms with van der Waals surface area (Å²) in [6.07, 6.45) is 2.07. The van der Waals surface area contributed by atoms with Crippen LogP contribution in [0, 0.1) is 13.8 Å². The van der Waals surface area contributed by atoms with Crippen LogP contribution in [0.25, 0.3) is 21.8 Å². The van der Waals surface area contributed by atoms with Crippen molar-refractivity contribution in [3.05, 3.63) is 94.0 Å². The lowest BCUT2D eigenvalue weighted by molar-refractivity contribution is -0.137. The number of carbonyl (C=O) groups is 1. The third-order valence-corrected chi connectivity index (χ3v) is 9.32. The molecule has 2 unspecified atom stereocenters. The van der Waals surface area contributed by atoms with E-state index in [4.69, 9.17) is 0 Å². The fourth-order valence-corrected chi connectivity index (χ4v) is 7.32. The first kappa shape index (κ1) is 26.5. The number of anilines is 2. The van der Waals surface area contributed by atoms with Crippen molar-refractivity contribution in [2.45, 2.75) is 64.5 Å². The van der Waals surface area contributed by atoms with Gasteiger partial charge in [-0.25, -0.2) is 4.68 Å². The zero-order valence-electron chi connectivity index (χ0n) is 24.9. The van der Waals surface area contributed by atoms with Gasteiger partial charge < -0.3 is 15.3 Å². The topological polar surface area (TPSA) is 83.3 Å². The molecular formula is C35H37N5O2. The largest absolute Gasteiger partial charge is 0.481 e. The SMILES string of the molecule is Cc1ccc2c3c(ccc2c1)N(C1CCc2ccc(C(CC(=O)O)c4ccc5c(nnn5C)c4C)cc21)CC(C)(C)N3. The molecule has 0 radical (unpaired) electrons. The molecule has 1 aliphatic heterocycles. The number of nitrogens with zero attached hydrogens (tertiary/aromatic N) is 4. The Hall–Kier alpha value is -4.39. The van der Waals surface area contributed by atoms with Crippen LogP contribution in [0.1, 0.15) is 72.0 Å². The second kappa shape index (κ2) is 9.58. The average Bonchev–Trinajstić information content (AvgIpc) is 3.54. The number of aryl methyl sites for hydroxylation is 4. The number of fused-ring (bicyclic) bond motifs is 5. The molecule has 0 amide bonds. The number of nitrogens with one attached hydrogen (secondary N) is 1. The maximum Gasteiger partial charge on any atom is 0.304 e. The Morgan fingerprint density at radius 1 is 1.10 bits per heavy atom. The summed E-state index contributed by atoms with van der Waals surface area (Å²) in [6.45, 7) is 9.60. The van der Waals surface area contributed by atoms with Crippen molar-refractivity contribution in [3.63, 3.8) is 0 Å². The van der Waals surface area contributed by atoms with Gasteiger partial charge >= 0.3 is 5.97 Å². The molecule has 214 valence electrons. The molecule has 0 fully saturated rings. The van der Waals surface area contributed by atoms with E-state index in [1.54, 1.807) is 4.68 Å². The van der Waals surface area contributed by atoms with Crippen molar-refractivity contribution >= 4 is 39.1 Å². The van der Waals surface area contributed by atoms with Crippen molar-refractivity contribution in [1.29, 1.82) is 0 Å². The molecule has 0 spiro atoms. The number of carboxylic acid groups (broad SMARTS) is 1. The van der Waals surface area contributed by atoms with Crippen LogP contribution in [-0.4, -0.2) is 38.2 Å². The van der Waals surface area contributed by atoms with E-state index in [1.165, 1.54) is 38.8 Å². The highest BCUT2D eigenvalue weighted by Gasteiger charge is 2.38. The highest BCUT2D eigenvalue weighted by atomic mass is 16.4. The predicted molar refractivity (Wildman–Crippen MR) is 169 cm³/mol. The molecule has 1 aliphatic carbocycles. The second-order valence-electron chi connectivity index (χ2n) is 12.8. The molecule has 0 saturated carbocycles. The smallest absolute Gasteiger partial charge is 0.304 e. The van der Waals surface area contributed by atoms with Gasteiger partial charge in [-0.15, -0.1) is 5.10 Å². The second-order valence-corrected chi connectivity index (χ2v) is 12.8. The summed E-state index contributed by atoms with van der Waals surface area (Å²) >= 11 is 0. The molecule has 5 aromatic rings. The van der Waals surface area contributed by atoms with Crippen molar-refractivity contribution in [1.82, 2.24) is 15.0 Å². The van der Waals surface area contributed by atoms with Crippen molar-refractivity contribution < 1.29 is 9.90 Å². The standard InChI is InChI=1S/C35H37N5O2/c1-20-6-11-26-23(16-20)10-14-31-34(26)36-35(3,4)19-40(31)29-13-9-22-7-8-24(17-28(22)29)27(18-32(41)42)25-12-15-30-33(21(25)2)37-38-39(30)5/h6-8,10-12,14-17,27,29,36H,9,13,18-19H2,1-5H3,(H,41,42). The first-order valence-corrected chi connectivity index (χ1v) is 14.8. The van der Waals surface area contributed by atoms with Gasteiger partial charge in [0.25, 0.3) is 0 Å². The molecule has 2 aliphatic rings. The quantitative estimate of drug-likeness (QED) is 0.240. The molecule has 0 bridgehead atoms. The molecule has 2 heterocycles. The average molecular weight is 560 g/mol. The van der Waals surface area contributed by atoms with E-state index >= 15 is 0 Å². The summed E-state index contributed by atoms with van der Waals surface area (Å²) in [5.41, 5.74) is 11.1. The summed E-state index contributed by atoms with van der Waals surface area (Å²) in [5.74, 6) is -1.09. The van der Waals surface area contributed by atoms with E-state index in [2.05, 4.69) is 95.9 Å². The van der Waals surface area contributed by atoms with E-state index in [1.807, 2.05) is 20.0 Å². The number of rotatable bonds is 5. The van der Waals surface area contributed by atoms with Crippen LogP contribution >= 0.6 is 0 Å². The minimum absolute atomic E-state index is 0.0188. The Kier molecular flexibility index (Phi) is 6.05. The zero-order valence-corrected chi connectivity index (χ0v) is 24.9. The molecule has 42 heavy (non-hydrogen) atoms. The summed E-state index contributed by atoms with van der Waals surface area (Å²) in [7, 11) is 1.88. The maximum absolute atomic E-state index is 12.2. The first-order valence-electron chi connectivity index (χ1n) is 14.8. The van der Waals surface area contributed by atoms with E-state index in [0.717, 1.165) is 47.1 Å². The fourth-order valence-electron chi connectivity index (χ4n) is 7.32. The maximum atomic E-state index is 12.2. The van der Waals surface area contributed by atoms with E-state index in [0.29, 0.717) is 0 Å². The predicted octanol–water partition coefficient (Wildman–Crippen LogP) is 7.04. The number of aliphatic carboxylic acids is 1. The van der Waals surface area contributed by atoms with Gasteiger partial charge in [-0.2, -0.15) is 0 Å². The minimum atomic E-state index is -0.810. The van der Waals surface area contributed by atoms with Gasteiger partial charge in [0.2, 0.25) is 0 Å². The number of hydrogen-bond acceptors (Lipinski definition) is 5. The van der Waals surface area contributed by atoms with E-state index in [9.17, 15) is 9.90 Å². The molecular weight excluding hydrogens is 522 g/mol. The lowest BCUT2D eigenvalue weighted by Gasteiger charge is -2.45. The number of aromatic nitrogens is 3. The summed E-state index contributed by atoms with van der Waals surface area (Å²) in [4.78, 5) is 14.8. The highest BCUT2D eigenvalue weighted by molar-refractivity contribution is 6.02. The molecule has 7 rings (SSSR count). The van der Waals surface area contributed by atoms with Gasteiger partial charge in [0.1, 0.15) is 5.52 Å². The van der Waals surface area contributed by atoms with Gasteiger partial charge in [-0.05, 0) is 85.9 Å². The van der Waals surface area contributed by atoms with Crippen LogP contribution in [0.4, 0.5) is 11.4 Å². The fraction of sp³-hybridized carbons (Fsp3) is 0.343. The molecule has 1 aromatic heterocycles. The van der Waals surface area contributed by atoms with Gasteiger partial charge in [-0.1, -0.05) is 59.3 Å². The van der Waals surface area contributed by atoms with Crippen molar-refractivity contribution in [2.24, 2.45) is 7.05 Å². The normalized spacial score (nSPS) is 18.1. The summed E-state index contributed by atoms with van der Waals surface area (Å²) in [6, 6.07) is 22.1. The third-order valence-electron chi connectivity index (χ3n) is 9.32. The number of carboxylic acids is 1. The first-order chi connectivity index (χ1) is 20.1. The number of hydrogen-bond donors (Lipinski definition) is 2. The molecule has 2 atom stereocenters. The van der Waals surface area contributed by atoms with Crippen LogP contribution < -0.4 is 10.2 Å². The third kappa shape index (κ3) is 4.30. The molecule has 0 saturated heterocycles. The Morgan fingerprint density at radius 2 is 1.93 bits per heavy atom. The summed E-state index contributed by atoms with van der Waals surface area (Å²) < 4.78 is 1.76. The minimum Gasteiger partial charge on any atom is -0.481 e. The van der Waals surface area contributed by atoms with Crippen LogP contribution in [0.2, 0.25) is 0 Å².